The fraction of sp³-hybridized carbons (Fsp3) is 0.0377. The molecule has 2 aliphatic carbocycles. The lowest BCUT2D eigenvalue weighted by atomic mass is 9.91. The predicted octanol–water partition coefficient (Wildman–Crippen LogP) is 13.9. The number of hydrogen-bond donors (Lipinski definition) is 0. The van der Waals surface area contributed by atoms with Crippen LogP contribution in [0, 0.1) is 0 Å². The molecule has 1 atom stereocenters. The third kappa shape index (κ3) is 5.18. The Morgan fingerprint density at radius 1 is 0.456 bits per heavy atom. The highest BCUT2D eigenvalue weighted by atomic mass is 16.3. The van der Waals surface area contributed by atoms with E-state index in [-0.39, 0.29) is 5.92 Å². The molecule has 0 N–H and O–H groups in total. The molecule has 0 fully saturated rings. The van der Waals surface area contributed by atoms with Gasteiger partial charge in [-0.05, 0) is 91.2 Å². The fourth-order valence-electron chi connectivity index (χ4n) is 8.93. The lowest BCUT2D eigenvalue weighted by Crippen LogP contribution is -2.08. The first-order chi connectivity index (χ1) is 28.2. The highest BCUT2D eigenvalue weighted by molar-refractivity contribution is 6.28. The maximum Gasteiger partial charge on any atom is 0.163 e. The summed E-state index contributed by atoms with van der Waals surface area (Å²) in [6.07, 6.45) is 7.60. The average Bonchev–Trinajstić information content (AvgIpc) is 3.82. The van der Waals surface area contributed by atoms with E-state index in [1.807, 2.05) is 12.1 Å². The zero-order valence-corrected chi connectivity index (χ0v) is 30.9. The molecule has 0 aliphatic heterocycles. The van der Waals surface area contributed by atoms with E-state index in [0.29, 0.717) is 11.6 Å². The number of fused-ring (bicyclic) bond motifs is 8. The van der Waals surface area contributed by atoms with Crippen molar-refractivity contribution < 1.29 is 4.42 Å². The van der Waals surface area contributed by atoms with Gasteiger partial charge in [-0.15, -0.1) is 0 Å². The summed E-state index contributed by atoms with van der Waals surface area (Å²) in [5, 5.41) is 7.24. The Morgan fingerprint density at radius 3 is 2.04 bits per heavy atom. The summed E-state index contributed by atoms with van der Waals surface area (Å²) in [6.45, 7) is 0. The molecule has 0 amide bonds. The molecule has 0 radical (unpaired) electrons. The number of aromatic nitrogens is 3. The average molecular weight is 728 g/mol. The molecule has 0 saturated carbocycles. The number of nitrogens with zero attached hydrogens (tertiary/aromatic N) is 3. The molecule has 2 aliphatic rings. The molecule has 10 aromatic rings. The molecule has 0 bridgehead atoms. The lowest BCUT2D eigenvalue weighted by molar-refractivity contribution is 0.669. The molecule has 8 aromatic carbocycles. The first-order valence-electron chi connectivity index (χ1n) is 19.5. The van der Waals surface area contributed by atoms with Crippen molar-refractivity contribution >= 4 is 49.1 Å². The van der Waals surface area contributed by atoms with Crippen molar-refractivity contribution in [3.8, 4) is 56.2 Å². The minimum Gasteiger partial charge on any atom is -0.456 e. The van der Waals surface area contributed by atoms with Crippen LogP contribution in [0.2, 0.25) is 0 Å². The van der Waals surface area contributed by atoms with Crippen LogP contribution in [0.4, 0.5) is 0 Å². The molecule has 2 aromatic heterocycles. The molecule has 4 heteroatoms. The highest BCUT2D eigenvalue weighted by Crippen LogP contribution is 2.53. The zero-order chi connectivity index (χ0) is 37.5. The number of benzene rings is 8. The Morgan fingerprint density at radius 2 is 1.18 bits per heavy atom. The molecule has 12 rings (SSSR count). The lowest BCUT2D eigenvalue weighted by Gasteiger charge is -2.17. The van der Waals surface area contributed by atoms with Gasteiger partial charge in [-0.3, -0.25) is 0 Å². The van der Waals surface area contributed by atoms with E-state index < -0.39 is 0 Å². The van der Waals surface area contributed by atoms with Gasteiger partial charge in [0.05, 0.1) is 0 Å². The normalized spacial score (nSPS) is 14.5. The van der Waals surface area contributed by atoms with Crippen molar-refractivity contribution in [2.75, 3.05) is 0 Å². The Hall–Kier alpha value is -7.43. The highest BCUT2D eigenvalue weighted by Gasteiger charge is 2.27. The van der Waals surface area contributed by atoms with Crippen LogP contribution in [-0.4, -0.2) is 15.0 Å². The summed E-state index contributed by atoms with van der Waals surface area (Å²) in [5.41, 5.74) is 13.4. The topological polar surface area (TPSA) is 51.8 Å². The van der Waals surface area contributed by atoms with Gasteiger partial charge < -0.3 is 4.42 Å². The first-order valence-corrected chi connectivity index (χ1v) is 19.5. The standard InChI is InChI=1S/C53H33N3O/c1-2-9-32(10-3-1)34-17-22-36(23-18-34)51-54-52(37-24-19-35(20-25-37)39-26-21-33-11-4-5-12-38(33)29-39)56-53(55-51)41-27-28-43-45(30-41)42-15-8-13-40-31-47-49(50(43)48(40)42)44-14-6-7-16-46(44)57-47/h1-24,26-31,37H,25H2. The Labute approximate surface area is 329 Å². The predicted molar refractivity (Wildman–Crippen MR) is 234 cm³/mol. The minimum atomic E-state index is 0.00776. The largest absolute Gasteiger partial charge is 0.456 e. The molecule has 1 unspecified atom stereocenters. The molecular weight excluding hydrogens is 695 g/mol. The van der Waals surface area contributed by atoms with Crippen LogP contribution in [-0.2, 0) is 0 Å². The fourth-order valence-corrected chi connectivity index (χ4v) is 8.93. The molecule has 57 heavy (non-hydrogen) atoms. The smallest absolute Gasteiger partial charge is 0.163 e. The summed E-state index contributed by atoms with van der Waals surface area (Å²) in [4.78, 5) is 15.6. The summed E-state index contributed by atoms with van der Waals surface area (Å²) < 4.78 is 6.40. The Balaban J connectivity index is 0.972. The molecular formula is C53H33N3O. The monoisotopic (exact) mass is 727 g/mol. The van der Waals surface area contributed by atoms with E-state index in [0.717, 1.165) is 45.5 Å². The van der Waals surface area contributed by atoms with E-state index in [4.69, 9.17) is 19.4 Å². The van der Waals surface area contributed by atoms with Gasteiger partial charge in [-0.25, -0.2) is 15.0 Å². The van der Waals surface area contributed by atoms with Crippen LogP contribution in [0.5, 0.6) is 0 Å². The quantitative estimate of drug-likeness (QED) is 0.177. The van der Waals surface area contributed by atoms with Crippen molar-refractivity contribution in [3.63, 3.8) is 0 Å². The summed E-state index contributed by atoms with van der Waals surface area (Å²) in [7, 11) is 0. The van der Waals surface area contributed by atoms with Crippen LogP contribution < -0.4 is 0 Å². The van der Waals surface area contributed by atoms with Crippen LogP contribution in [0.15, 0.2) is 186 Å². The van der Waals surface area contributed by atoms with Crippen molar-refractivity contribution in [1.82, 2.24) is 15.0 Å². The van der Waals surface area contributed by atoms with Gasteiger partial charge in [-0.2, -0.15) is 0 Å². The van der Waals surface area contributed by atoms with Gasteiger partial charge in [-0.1, -0.05) is 158 Å². The Kier molecular flexibility index (Phi) is 7.02. The third-order valence-electron chi connectivity index (χ3n) is 11.8. The van der Waals surface area contributed by atoms with E-state index in [1.54, 1.807) is 0 Å². The maximum atomic E-state index is 6.40. The molecule has 0 saturated heterocycles. The molecule has 266 valence electrons. The number of para-hydroxylation sites is 1. The second-order valence-electron chi connectivity index (χ2n) is 15.1. The second kappa shape index (κ2) is 12.6. The molecule has 2 heterocycles. The van der Waals surface area contributed by atoms with E-state index in [2.05, 4.69) is 170 Å². The Bertz CT molecular complexity index is 3320. The van der Waals surface area contributed by atoms with Gasteiger partial charge in [0.2, 0.25) is 0 Å². The van der Waals surface area contributed by atoms with Gasteiger partial charge in [0.15, 0.2) is 11.6 Å². The van der Waals surface area contributed by atoms with Gasteiger partial charge in [0.1, 0.15) is 17.0 Å². The van der Waals surface area contributed by atoms with E-state index in [9.17, 15) is 0 Å². The van der Waals surface area contributed by atoms with E-state index >= 15 is 0 Å². The number of furan rings is 1. The minimum absolute atomic E-state index is 0.00776. The maximum absolute atomic E-state index is 6.40. The third-order valence-corrected chi connectivity index (χ3v) is 11.8. The van der Waals surface area contributed by atoms with Gasteiger partial charge in [0, 0.05) is 33.4 Å². The van der Waals surface area contributed by atoms with E-state index in [1.165, 1.54) is 65.9 Å². The van der Waals surface area contributed by atoms with Gasteiger partial charge in [0.25, 0.3) is 0 Å². The van der Waals surface area contributed by atoms with Crippen molar-refractivity contribution in [3.05, 3.63) is 193 Å². The second-order valence-corrected chi connectivity index (χ2v) is 15.1. The van der Waals surface area contributed by atoms with Crippen LogP contribution >= 0.6 is 0 Å². The van der Waals surface area contributed by atoms with Crippen LogP contribution in [0.25, 0.3) is 105 Å². The molecule has 0 spiro atoms. The zero-order valence-electron chi connectivity index (χ0n) is 30.9. The number of hydrogen-bond acceptors (Lipinski definition) is 4. The van der Waals surface area contributed by atoms with Crippen molar-refractivity contribution in [2.45, 2.75) is 12.3 Å². The van der Waals surface area contributed by atoms with Crippen molar-refractivity contribution in [2.24, 2.45) is 0 Å². The first kappa shape index (κ1) is 31.9. The summed E-state index contributed by atoms with van der Waals surface area (Å²) in [6, 6.07) is 58.0. The number of allylic oxidation sites excluding steroid dienone is 4. The molecule has 4 nitrogen and oxygen atoms in total. The van der Waals surface area contributed by atoms with Crippen LogP contribution in [0.1, 0.15) is 23.7 Å². The van der Waals surface area contributed by atoms with Crippen LogP contribution in [0.3, 0.4) is 0 Å². The van der Waals surface area contributed by atoms with Gasteiger partial charge >= 0.3 is 0 Å². The number of rotatable bonds is 5. The summed E-state index contributed by atoms with van der Waals surface area (Å²) in [5.74, 6) is 2.12. The summed E-state index contributed by atoms with van der Waals surface area (Å²) >= 11 is 0. The van der Waals surface area contributed by atoms with Crippen molar-refractivity contribution in [1.29, 1.82) is 0 Å². The SMILES string of the molecule is C1=CC(c2nc(-c3ccc(-c4ccccc4)cc3)nc(-c3ccc4c(c3)-c3cccc5cc6oc7ccccc7c6c-4c35)n2)CC=C1c1ccc2ccccc2c1.